The summed E-state index contributed by atoms with van der Waals surface area (Å²) in [6, 6.07) is 5.89. The van der Waals surface area contributed by atoms with Crippen LogP contribution in [0.2, 0.25) is 0 Å². The molecule has 1 fully saturated rings. The molecule has 0 bridgehead atoms. The molecule has 0 radical (unpaired) electrons. The van der Waals surface area contributed by atoms with Gasteiger partial charge in [0, 0.05) is 12.0 Å². The summed E-state index contributed by atoms with van der Waals surface area (Å²) in [5.41, 5.74) is 3.38. The number of benzene rings is 1. The van der Waals surface area contributed by atoms with Crippen LogP contribution in [0.5, 0.6) is 11.5 Å². The van der Waals surface area contributed by atoms with Gasteiger partial charge in [-0.05, 0) is 42.9 Å². The number of allylic oxidation sites excluding steroid dienone is 2. The van der Waals surface area contributed by atoms with Crippen LogP contribution >= 0.6 is 0 Å². The first-order valence-electron chi connectivity index (χ1n) is 7.49. The van der Waals surface area contributed by atoms with Gasteiger partial charge in [0.15, 0.2) is 17.3 Å². The van der Waals surface area contributed by atoms with Crippen molar-refractivity contribution >= 4 is 11.4 Å². The van der Waals surface area contributed by atoms with Gasteiger partial charge in [-0.25, -0.2) is 0 Å². The number of carbonyl (C=O) groups excluding carboxylic acids is 1. The summed E-state index contributed by atoms with van der Waals surface area (Å²) in [5, 5.41) is 0. The number of fused-ring (bicyclic) bond motifs is 1. The van der Waals surface area contributed by atoms with Crippen molar-refractivity contribution in [2.24, 2.45) is 5.92 Å². The zero-order valence-electron chi connectivity index (χ0n) is 11.5. The highest BCUT2D eigenvalue weighted by Gasteiger charge is 2.31. The van der Waals surface area contributed by atoms with Crippen molar-refractivity contribution in [3.63, 3.8) is 0 Å². The van der Waals surface area contributed by atoms with Crippen molar-refractivity contribution in [2.45, 2.75) is 38.5 Å². The monoisotopic (exact) mass is 270 g/mol. The highest BCUT2D eigenvalue weighted by Crippen LogP contribution is 2.44. The van der Waals surface area contributed by atoms with Crippen LogP contribution < -0.4 is 9.47 Å². The van der Waals surface area contributed by atoms with E-state index in [0.29, 0.717) is 18.1 Å². The number of ketones is 1. The number of hydrogen-bond acceptors (Lipinski definition) is 3. The van der Waals surface area contributed by atoms with Crippen molar-refractivity contribution < 1.29 is 14.3 Å². The lowest BCUT2D eigenvalue weighted by Gasteiger charge is -2.13. The molecule has 104 valence electrons. The summed E-state index contributed by atoms with van der Waals surface area (Å²) in [6.07, 6.45) is 6.73. The quantitative estimate of drug-likeness (QED) is 0.821. The lowest BCUT2D eigenvalue weighted by Crippen LogP contribution is -2.01. The summed E-state index contributed by atoms with van der Waals surface area (Å²) in [4.78, 5) is 12.3. The fourth-order valence-electron chi connectivity index (χ4n) is 3.76. The van der Waals surface area contributed by atoms with Crippen LogP contribution in [0.15, 0.2) is 23.8 Å². The molecule has 4 rings (SSSR count). The van der Waals surface area contributed by atoms with Crippen LogP contribution in [0, 0.1) is 5.92 Å². The Labute approximate surface area is 118 Å². The number of rotatable bonds is 2. The molecule has 1 heterocycles. The molecule has 0 spiro atoms. The Hall–Kier alpha value is -1.77. The Kier molecular flexibility index (Phi) is 2.79. The Balaban J connectivity index is 1.77. The van der Waals surface area contributed by atoms with Crippen molar-refractivity contribution in [3.8, 4) is 11.5 Å². The van der Waals surface area contributed by atoms with E-state index in [2.05, 4.69) is 0 Å². The van der Waals surface area contributed by atoms with Crippen LogP contribution in [0.4, 0.5) is 0 Å². The zero-order chi connectivity index (χ0) is 13.5. The molecule has 0 saturated heterocycles. The molecule has 1 saturated carbocycles. The zero-order valence-corrected chi connectivity index (χ0v) is 11.5. The van der Waals surface area contributed by atoms with Crippen molar-refractivity contribution in [3.05, 3.63) is 29.3 Å². The van der Waals surface area contributed by atoms with Gasteiger partial charge in [-0.1, -0.05) is 24.5 Å². The lowest BCUT2D eigenvalue weighted by molar-refractivity contribution is -0.113. The highest BCUT2D eigenvalue weighted by atomic mass is 16.7. The molecular weight excluding hydrogens is 252 g/mol. The van der Waals surface area contributed by atoms with Gasteiger partial charge >= 0.3 is 0 Å². The maximum atomic E-state index is 12.3. The highest BCUT2D eigenvalue weighted by molar-refractivity contribution is 6.24. The normalized spacial score (nSPS) is 22.1. The molecule has 1 aromatic carbocycles. The van der Waals surface area contributed by atoms with Crippen LogP contribution in [0.3, 0.4) is 0 Å². The SMILES string of the molecule is O=C1CCC(C2CCCC2)=C1c1ccc2c(c1)OCO2. The minimum Gasteiger partial charge on any atom is -0.454 e. The standard InChI is InChI=1S/C17H18O3/c18-14-7-6-13(11-3-1-2-4-11)17(14)12-5-8-15-16(9-12)20-10-19-15/h5,8-9,11H,1-4,6-7,10H2. The van der Waals surface area contributed by atoms with Gasteiger partial charge in [-0.15, -0.1) is 0 Å². The largest absolute Gasteiger partial charge is 0.454 e. The maximum Gasteiger partial charge on any atom is 0.231 e. The minimum atomic E-state index is 0.279. The summed E-state index contributed by atoms with van der Waals surface area (Å²) in [6.45, 7) is 0.279. The molecule has 3 nitrogen and oxygen atoms in total. The van der Waals surface area contributed by atoms with E-state index in [-0.39, 0.29) is 6.79 Å². The first kappa shape index (κ1) is 12.0. The summed E-state index contributed by atoms with van der Waals surface area (Å²) in [7, 11) is 0. The molecule has 3 heteroatoms. The fraction of sp³-hybridized carbons (Fsp3) is 0.471. The average molecular weight is 270 g/mol. The number of Topliss-reactive ketones (excluding diaryl/α,β-unsaturated/α-hetero) is 1. The molecule has 0 atom stereocenters. The Morgan fingerprint density at radius 1 is 1.00 bits per heavy atom. The molecule has 2 aliphatic carbocycles. The Morgan fingerprint density at radius 3 is 2.65 bits per heavy atom. The van der Waals surface area contributed by atoms with Gasteiger partial charge in [0.25, 0.3) is 0 Å². The van der Waals surface area contributed by atoms with E-state index in [0.717, 1.165) is 29.1 Å². The van der Waals surface area contributed by atoms with Gasteiger partial charge in [-0.3, -0.25) is 4.79 Å². The molecule has 0 N–H and O–H groups in total. The second-order valence-electron chi connectivity index (χ2n) is 5.87. The Morgan fingerprint density at radius 2 is 1.80 bits per heavy atom. The minimum absolute atomic E-state index is 0.279. The van der Waals surface area contributed by atoms with Gasteiger partial charge in [-0.2, -0.15) is 0 Å². The summed E-state index contributed by atoms with van der Waals surface area (Å²) < 4.78 is 10.8. The number of hydrogen-bond donors (Lipinski definition) is 0. The molecule has 3 aliphatic rings. The number of carbonyl (C=O) groups is 1. The van der Waals surface area contributed by atoms with Gasteiger partial charge in [0.1, 0.15) is 0 Å². The van der Waals surface area contributed by atoms with E-state index < -0.39 is 0 Å². The van der Waals surface area contributed by atoms with E-state index in [9.17, 15) is 4.79 Å². The van der Waals surface area contributed by atoms with Crippen LogP contribution in [0.1, 0.15) is 44.1 Å². The van der Waals surface area contributed by atoms with Gasteiger partial charge in [0.05, 0.1) is 0 Å². The number of ether oxygens (including phenoxy) is 2. The lowest BCUT2D eigenvalue weighted by atomic mass is 9.91. The fourth-order valence-corrected chi connectivity index (χ4v) is 3.76. The van der Waals surface area contributed by atoms with E-state index in [1.54, 1.807) is 0 Å². The van der Waals surface area contributed by atoms with Crippen molar-refractivity contribution in [1.29, 1.82) is 0 Å². The second-order valence-corrected chi connectivity index (χ2v) is 5.87. The summed E-state index contributed by atoms with van der Waals surface area (Å²) in [5.74, 6) is 2.47. The molecule has 20 heavy (non-hydrogen) atoms. The van der Waals surface area contributed by atoms with Crippen LogP contribution in [-0.4, -0.2) is 12.6 Å². The van der Waals surface area contributed by atoms with Crippen molar-refractivity contribution in [2.75, 3.05) is 6.79 Å². The van der Waals surface area contributed by atoms with Crippen LogP contribution in [0.25, 0.3) is 5.57 Å². The molecule has 0 unspecified atom stereocenters. The molecule has 0 amide bonds. The van der Waals surface area contributed by atoms with Crippen molar-refractivity contribution in [1.82, 2.24) is 0 Å². The molecule has 0 aromatic heterocycles. The van der Waals surface area contributed by atoms with Gasteiger partial charge in [0.2, 0.25) is 6.79 Å². The van der Waals surface area contributed by atoms with Gasteiger partial charge < -0.3 is 9.47 Å². The average Bonchev–Trinajstić information content (AvgIpc) is 3.17. The molecule has 1 aliphatic heterocycles. The van der Waals surface area contributed by atoms with Crippen LogP contribution in [-0.2, 0) is 4.79 Å². The third-order valence-electron chi connectivity index (χ3n) is 4.73. The third-order valence-corrected chi connectivity index (χ3v) is 4.73. The summed E-state index contributed by atoms with van der Waals surface area (Å²) >= 11 is 0. The predicted octanol–water partition coefficient (Wildman–Crippen LogP) is 3.72. The first-order valence-corrected chi connectivity index (χ1v) is 7.49. The molecular formula is C17H18O3. The third kappa shape index (κ3) is 1.84. The van der Waals surface area contributed by atoms with E-state index >= 15 is 0 Å². The topological polar surface area (TPSA) is 35.5 Å². The molecule has 1 aromatic rings. The first-order chi connectivity index (χ1) is 9.83. The predicted molar refractivity (Wildman–Crippen MR) is 75.7 cm³/mol. The smallest absolute Gasteiger partial charge is 0.231 e. The van der Waals surface area contributed by atoms with E-state index in [1.165, 1.54) is 31.3 Å². The Bertz CT molecular complexity index is 594. The maximum absolute atomic E-state index is 12.3. The van der Waals surface area contributed by atoms with E-state index in [1.807, 2.05) is 18.2 Å². The second kappa shape index (κ2) is 4.65. The van der Waals surface area contributed by atoms with E-state index in [4.69, 9.17) is 9.47 Å².